The number of rotatable bonds is 6. The Bertz CT molecular complexity index is 827. The summed E-state index contributed by atoms with van der Waals surface area (Å²) in [4.78, 5) is 1.01. The molecule has 0 spiro atoms. The van der Waals surface area contributed by atoms with E-state index in [0.29, 0.717) is 12.1 Å². The summed E-state index contributed by atoms with van der Waals surface area (Å²) in [5.41, 5.74) is 1.57. The van der Waals surface area contributed by atoms with Gasteiger partial charge in [-0.3, -0.25) is 5.01 Å². The molecule has 0 aliphatic rings. The number of phenolic OH excluding ortho intramolecular Hbond substituents is 1. The van der Waals surface area contributed by atoms with Gasteiger partial charge in [0, 0.05) is 17.2 Å². The van der Waals surface area contributed by atoms with Crippen LogP contribution in [0.3, 0.4) is 0 Å². The second kappa shape index (κ2) is 7.53. The van der Waals surface area contributed by atoms with Crippen LogP contribution in [0, 0.1) is 11.3 Å². The summed E-state index contributed by atoms with van der Waals surface area (Å²) in [6, 6.07) is 16.7. The molecule has 7 heteroatoms. The molecule has 0 atom stereocenters. The minimum Gasteiger partial charge on any atom is -0.508 e. The topological polar surface area (TPSA) is 78.0 Å². The molecule has 2 aromatic carbocycles. The maximum absolute atomic E-state index is 9.53. The van der Waals surface area contributed by atoms with Crippen molar-refractivity contribution < 1.29 is 5.11 Å². The molecule has 1 heterocycles. The van der Waals surface area contributed by atoms with Crippen LogP contribution < -0.4 is 5.01 Å². The molecule has 3 aromatic rings. The summed E-state index contributed by atoms with van der Waals surface area (Å²) in [5, 5.41) is 28.2. The van der Waals surface area contributed by atoms with Gasteiger partial charge in [0.25, 0.3) is 0 Å². The van der Waals surface area contributed by atoms with Crippen molar-refractivity contribution >= 4 is 17.4 Å². The van der Waals surface area contributed by atoms with Gasteiger partial charge in [0.1, 0.15) is 18.4 Å². The molecule has 3 rings (SSSR count). The Balaban J connectivity index is 1.72. The first kappa shape index (κ1) is 15.9. The fourth-order valence-electron chi connectivity index (χ4n) is 2.23. The van der Waals surface area contributed by atoms with E-state index in [4.69, 9.17) is 5.26 Å². The Labute approximate surface area is 144 Å². The van der Waals surface area contributed by atoms with Gasteiger partial charge >= 0.3 is 0 Å². The van der Waals surface area contributed by atoms with Gasteiger partial charge in [-0.05, 0) is 42.5 Å². The van der Waals surface area contributed by atoms with Crippen LogP contribution in [0.4, 0.5) is 5.69 Å². The molecule has 0 aliphatic carbocycles. The molecule has 1 aromatic heterocycles. The normalized spacial score (nSPS) is 10.3. The van der Waals surface area contributed by atoms with Crippen molar-refractivity contribution in [3.63, 3.8) is 0 Å². The maximum Gasteiger partial charge on any atom is 0.139 e. The van der Waals surface area contributed by atoms with Crippen LogP contribution in [0.25, 0.3) is 0 Å². The monoisotopic (exact) mass is 337 g/mol. The Kier molecular flexibility index (Phi) is 4.99. The Morgan fingerprint density at radius 3 is 2.54 bits per heavy atom. The SMILES string of the molecule is N#Cc1ccc(N(CCSc2cccc(O)c2)n2cnnc2)cc1. The standard InChI is InChI=1S/C17H15N5OS/c18-11-14-4-6-15(7-5-14)22(21-12-19-20-13-21)8-9-24-17-3-1-2-16(23)10-17/h1-7,10,12-13,23H,8-9H2. The zero-order valence-corrected chi connectivity index (χ0v) is 13.6. The number of anilines is 1. The quantitative estimate of drug-likeness (QED) is 0.697. The van der Waals surface area contributed by atoms with Gasteiger partial charge in [0.05, 0.1) is 17.3 Å². The highest BCUT2D eigenvalue weighted by molar-refractivity contribution is 7.99. The first-order valence-corrected chi connectivity index (χ1v) is 8.29. The summed E-state index contributed by atoms with van der Waals surface area (Å²) in [6.07, 6.45) is 3.27. The second-order valence-corrected chi connectivity index (χ2v) is 6.14. The van der Waals surface area contributed by atoms with E-state index >= 15 is 0 Å². The fraction of sp³-hybridized carbons (Fsp3) is 0.118. The lowest BCUT2D eigenvalue weighted by molar-refractivity contribution is 0.474. The van der Waals surface area contributed by atoms with E-state index in [1.54, 1.807) is 48.7 Å². The van der Waals surface area contributed by atoms with Gasteiger partial charge in [0.15, 0.2) is 0 Å². The zero-order chi connectivity index (χ0) is 16.8. The lowest BCUT2D eigenvalue weighted by atomic mass is 10.2. The van der Waals surface area contributed by atoms with Crippen LogP contribution >= 0.6 is 11.8 Å². The zero-order valence-electron chi connectivity index (χ0n) is 12.8. The fourth-order valence-corrected chi connectivity index (χ4v) is 3.11. The predicted molar refractivity (Wildman–Crippen MR) is 92.8 cm³/mol. The molecule has 0 saturated heterocycles. The Morgan fingerprint density at radius 2 is 1.88 bits per heavy atom. The number of thioether (sulfide) groups is 1. The lowest BCUT2D eigenvalue weighted by Crippen LogP contribution is -2.30. The van der Waals surface area contributed by atoms with Gasteiger partial charge in [0.2, 0.25) is 0 Å². The molecule has 120 valence electrons. The van der Waals surface area contributed by atoms with Crippen molar-refractivity contribution in [2.24, 2.45) is 0 Å². The number of nitriles is 1. The second-order valence-electron chi connectivity index (χ2n) is 4.97. The van der Waals surface area contributed by atoms with E-state index in [1.807, 2.05) is 34.0 Å². The smallest absolute Gasteiger partial charge is 0.139 e. The molecule has 6 nitrogen and oxygen atoms in total. The molecule has 0 aliphatic heterocycles. The van der Waals surface area contributed by atoms with Crippen LogP contribution in [-0.2, 0) is 0 Å². The molecular weight excluding hydrogens is 322 g/mol. The molecule has 0 bridgehead atoms. The molecule has 24 heavy (non-hydrogen) atoms. The van der Waals surface area contributed by atoms with Crippen molar-refractivity contribution in [1.82, 2.24) is 14.9 Å². The number of aromatic hydroxyl groups is 1. The van der Waals surface area contributed by atoms with Crippen LogP contribution in [0.5, 0.6) is 5.75 Å². The van der Waals surface area contributed by atoms with Crippen molar-refractivity contribution in [2.75, 3.05) is 17.3 Å². The maximum atomic E-state index is 9.53. The van der Waals surface area contributed by atoms with E-state index in [-0.39, 0.29) is 5.75 Å². The average molecular weight is 337 g/mol. The summed E-state index contributed by atoms with van der Waals surface area (Å²) in [5.74, 6) is 1.07. The minimum absolute atomic E-state index is 0.266. The largest absolute Gasteiger partial charge is 0.508 e. The summed E-state index contributed by atoms with van der Waals surface area (Å²) in [7, 11) is 0. The van der Waals surface area contributed by atoms with E-state index in [9.17, 15) is 5.11 Å². The van der Waals surface area contributed by atoms with Crippen LogP contribution in [0.15, 0.2) is 66.1 Å². The number of hydrogen-bond acceptors (Lipinski definition) is 6. The first-order chi connectivity index (χ1) is 11.8. The van der Waals surface area contributed by atoms with Gasteiger partial charge in [-0.1, -0.05) is 6.07 Å². The lowest BCUT2D eigenvalue weighted by Gasteiger charge is -2.24. The molecule has 0 radical (unpaired) electrons. The van der Waals surface area contributed by atoms with E-state index in [0.717, 1.165) is 16.3 Å². The molecule has 0 unspecified atom stereocenters. The molecule has 0 saturated carbocycles. The van der Waals surface area contributed by atoms with Crippen molar-refractivity contribution in [1.29, 1.82) is 5.26 Å². The number of benzene rings is 2. The van der Waals surface area contributed by atoms with Crippen LogP contribution in [0.2, 0.25) is 0 Å². The molecule has 1 N–H and O–H groups in total. The van der Waals surface area contributed by atoms with Crippen LogP contribution in [0.1, 0.15) is 5.56 Å². The van der Waals surface area contributed by atoms with E-state index < -0.39 is 0 Å². The van der Waals surface area contributed by atoms with Crippen LogP contribution in [-0.4, -0.2) is 32.3 Å². The predicted octanol–water partition coefficient (Wildman–Crippen LogP) is 2.92. The van der Waals surface area contributed by atoms with Gasteiger partial charge in [-0.15, -0.1) is 22.0 Å². The Hall–Kier alpha value is -2.98. The van der Waals surface area contributed by atoms with E-state index in [2.05, 4.69) is 16.3 Å². The molecule has 0 amide bonds. The Morgan fingerprint density at radius 1 is 1.12 bits per heavy atom. The highest BCUT2D eigenvalue weighted by Gasteiger charge is 2.09. The van der Waals surface area contributed by atoms with E-state index in [1.165, 1.54) is 0 Å². The minimum atomic E-state index is 0.266. The molecular formula is C17H15N5OS. The molecule has 0 fully saturated rings. The third-order valence-corrected chi connectivity index (χ3v) is 4.34. The van der Waals surface area contributed by atoms with Crippen molar-refractivity contribution in [3.05, 3.63) is 66.7 Å². The summed E-state index contributed by atoms with van der Waals surface area (Å²) >= 11 is 1.65. The van der Waals surface area contributed by atoms with Gasteiger partial charge in [-0.25, -0.2) is 4.68 Å². The first-order valence-electron chi connectivity index (χ1n) is 7.31. The number of nitrogens with zero attached hydrogens (tertiary/aromatic N) is 5. The number of hydrogen-bond donors (Lipinski definition) is 1. The third-order valence-electron chi connectivity index (χ3n) is 3.37. The number of phenols is 1. The third kappa shape index (κ3) is 3.86. The van der Waals surface area contributed by atoms with Gasteiger partial charge < -0.3 is 5.11 Å². The van der Waals surface area contributed by atoms with Gasteiger partial charge in [-0.2, -0.15) is 5.26 Å². The summed E-state index contributed by atoms with van der Waals surface area (Å²) in [6.45, 7) is 0.713. The summed E-state index contributed by atoms with van der Waals surface area (Å²) < 4.78 is 1.81. The average Bonchev–Trinajstić information content (AvgIpc) is 3.13. The van der Waals surface area contributed by atoms with Crippen molar-refractivity contribution in [3.8, 4) is 11.8 Å². The number of aromatic nitrogens is 3. The highest BCUT2D eigenvalue weighted by atomic mass is 32.2. The highest BCUT2D eigenvalue weighted by Crippen LogP contribution is 2.23. The van der Waals surface area contributed by atoms with Crippen molar-refractivity contribution in [2.45, 2.75) is 4.90 Å².